The Labute approximate surface area is 104 Å². The fourth-order valence-electron chi connectivity index (χ4n) is 2.61. The van der Waals surface area contributed by atoms with Gasteiger partial charge in [0.15, 0.2) is 5.78 Å². The van der Waals surface area contributed by atoms with Crippen LogP contribution in [0.25, 0.3) is 11.1 Å². The number of hydrogen-bond acceptors (Lipinski definition) is 3. The first kappa shape index (κ1) is 10.8. The molecule has 0 bridgehead atoms. The van der Waals surface area contributed by atoms with Gasteiger partial charge in [-0.15, -0.1) is 0 Å². The minimum Gasteiger partial charge on any atom is -0.507 e. The highest BCUT2D eigenvalue weighted by Crippen LogP contribution is 2.45. The molecule has 0 atom stereocenters. The molecule has 0 fully saturated rings. The van der Waals surface area contributed by atoms with Crippen LogP contribution in [-0.2, 0) is 0 Å². The fourth-order valence-corrected chi connectivity index (χ4v) is 2.61. The van der Waals surface area contributed by atoms with Crippen molar-refractivity contribution in [2.45, 2.75) is 13.8 Å². The van der Waals surface area contributed by atoms with E-state index < -0.39 is 0 Å². The molecule has 0 saturated carbocycles. The summed E-state index contributed by atoms with van der Waals surface area (Å²) >= 11 is 0. The van der Waals surface area contributed by atoms with Gasteiger partial charge >= 0.3 is 0 Å². The second-order valence-corrected chi connectivity index (χ2v) is 4.62. The predicted molar refractivity (Wildman–Crippen MR) is 68.1 cm³/mol. The monoisotopic (exact) mass is 240 g/mol. The lowest BCUT2D eigenvalue weighted by Crippen LogP contribution is -1.98. The van der Waals surface area contributed by atoms with Crippen molar-refractivity contribution in [3.8, 4) is 22.6 Å². The molecule has 2 aromatic carbocycles. The SMILES string of the molecule is Cc1cc2c(c(C)c1O)C(=O)c1cccc(O)c1-2. The lowest BCUT2D eigenvalue weighted by atomic mass is 9.97. The van der Waals surface area contributed by atoms with Gasteiger partial charge in [-0.05, 0) is 37.1 Å². The lowest BCUT2D eigenvalue weighted by molar-refractivity contribution is 0.104. The van der Waals surface area contributed by atoms with Crippen LogP contribution in [0.1, 0.15) is 27.0 Å². The summed E-state index contributed by atoms with van der Waals surface area (Å²) in [6.07, 6.45) is 0. The molecule has 0 amide bonds. The standard InChI is InChI=1S/C15H12O3/c1-7-6-10-12(8(2)14(7)17)15(18)9-4-3-5-11(16)13(9)10/h3-6,16-17H,1-2H3. The Morgan fingerprint density at radius 2 is 1.72 bits per heavy atom. The summed E-state index contributed by atoms with van der Waals surface area (Å²) < 4.78 is 0. The van der Waals surface area contributed by atoms with Crippen molar-refractivity contribution >= 4 is 5.78 Å². The van der Waals surface area contributed by atoms with E-state index in [2.05, 4.69) is 0 Å². The zero-order valence-corrected chi connectivity index (χ0v) is 10.1. The molecule has 0 aliphatic heterocycles. The van der Waals surface area contributed by atoms with Crippen molar-refractivity contribution in [1.82, 2.24) is 0 Å². The minimum absolute atomic E-state index is 0.101. The number of rotatable bonds is 0. The zero-order chi connectivity index (χ0) is 13.0. The van der Waals surface area contributed by atoms with Gasteiger partial charge in [0, 0.05) is 22.3 Å². The highest BCUT2D eigenvalue weighted by Gasteiger charge is 2.31. The molecule has 18 heavy (non-hydrogen) atoms. The molecule has 90 valence electrons. The summed E-state index contributed by atoms with van der Waals surface area (Å²) in [5.41, 5.74) is 3.55. The van der Waals surface area contributed by atoms with E-state index in [1.54, 1.807) is 38.1 Å². The molecule has 0 spiro atoms. The maximum absolute atomic E-state index is 12.3. The van der Waals surface area contributed by atoms with Gasteiger partial charge in [0.25, 0.3) is 0 Å². The second-order valence-electron chi connectivity index (χ2n) is 4.62. The molecule has 3 nitrogen and oxygen atoms in total. The smallest absolute Gasteiger partial charge is 0.194 e. The average Bonchev–Trinajstić information content (AvgIpc) is 2.62. The number of benzene rings is 2. The summed E-state index contributed by atoms with van der Waals surface area (Å²) in [6, 6.07) is 6.67. The van der Waals surface area contributed by atoms with Crippen LogP contribution >= 0.6 is 0 Å². The first-order valence-corrected chi connectivity index (χ1v) is 5.72. The first-order chi connectivity index (χ1) is 8.52. The summed E-state index contributed by atoms with van der Waals surface area (Å²) in [6.45, 7) is 3.51. The highest BCUT2D eigenvalue weighted by atomic mass is 16.3. The summed E-state index contributed by atoms with van der Waals surface area (Å²) in [4.78, 5) is 12.3. The zero-order valence-electron chi connectivity index (χ0n) is 10.1. The molecule has 2 aromatic rings. The van der Waals surface area contributed by atoms with Gasteiger partial charge in [-0.1, -0.05) is 12.1 Å². The topological polar surface area (TPSA) is 57.5 Å². The number of hydrogen-bond donors (Lipinski definition) is 2. The van der Waals surface area contributed by atoms with Gasteiger partial charge in [-0.25, -0.2) is 0 Å². The van der Waals surface area contributed by atoms with E-state index >= 15 is 0 Å². The van der Waals surface area contributed by atoms with Crippen LogP contribution in [-0.4, -0.2) is 16.0 Å². The molecule has 3 heteroatoms. The molecule has 0 radical (unpaired) electrons. The minimum atomic E-state index is -0.135. The Balaban J connectivity index is 2.47. The maximum Gasteiger partial charge on any atom is 0.194 e. The fraction of sp³-hybridized carbons (Fsp3) is 0.133. The average molecular weight is 240 g/mol. The molecule has 0 saturated heterocycles. The Bertz CT molecular complexity index is 699. The molecule has 1 aliphatic rings. The van der Waals surface area contributed by atoms with Crippen molar-refractivity contribution in [2.75, 3.05) is 0 Å². The third kappa shape index (κ3) is 1.16. The molecule has 3 rings (SSSR count). The van der Waals surface area contributed by atoms with Crippen molar-refractivity contribution < 1.29 is 15.0 Å². The Kier molecular flexibility index (Phi) is 2.02. The van der Waals surface area contributed by atoms with Crippen LogP contribution in [0.5, 0.6) is 11.5 Å². The van der Waals surface area contributed by atoms with E-state index in [0.717, 1.165) is 0 Å². The summed E-state index contributed by atoms with van der Waals surface area (Å²) in [7, 11) is 0. The molecule has 2 N–H and O–H groups in total. The molecular formula is C15H12O3. The van der Waals surface area contributed by atoms with Crippen LogP contribution in [0.15, 0.2) is 24.3 Å². The van der Waals surface area contributed by atoms with E-state index in [1.807, 2.05) is 0 Å². The summed E-state index contributed by atoms with van der Waals surface area (Å²) in [5.74, 6) is 0.113. The number of phenolic OH excluding ortho intramolecular Hbond substituents is 2. The van der Waals surface area contributed by atoms with Crippen molar-refractivity contribution in [2.24, 2.45) is 0 Å². The third-order valence-electron chi connectivity index (χ3n) is 3.52. The van der Waals surface area contributed by atoms with Gasteiger partial charge in [0.05, 0.1) is 0 Å². The first-order valence-electron chi connectivity index (χ1n) is 5.72. The number of phenols is 2. The Morgan fingerprint density at radius 1 is 1.00 bits per heavy atom. The number of aromatic hydroxyl groups is 2. The van der Waals surface area contributed by atoms with Crippen molar-refractivity contribution in [1.29, 1.82) is 0 Å². The quantitative estimate of drug-likeness (QED) is 0.635. The molecule has 0 heterocycles. The largest absolute Gasteiger partial charge is 0.507 e. The highest BCUT2D eigenvalue weighted by molar-refractivity contribution is 6.23. The van der Waals surface area contributed by atoms with Crippen molar-refractivity contribution in [3.63, 3.8) is 0 Å². The maximum atomic E-state index is 12.3. The third-order valence-corrected chi connectivity index (χ3v) is 3.52. The predicted octanol–water partition coefficient (Wildman–Crippen LogP) is 2.93. The number of carbonyl (C=O) groups is 1. The number of carbonyl (C=O) groups excluding carboxylic acids is 1. The normalized spacial score (nSPS) is 12.4. The summed E-state index contributed by atoms with van der Waals surface area (Å²) in [5, 5.41) is 19.9. The van der Waals surface area contributed by atoms with Gasteiger partial charge in [-0.3, -0.25) is 4.79 Å². The van der Waals surface area contributed by atoms with E-state index in [-0.39, 0.29) is 17.3 Å². The van der Waals surface area contributed by atoms with Crippen LogP contribution < -0.4 is 0 Å². The van der Waals surface area contributed by atoms with Crippen LogP contribution in [0.4, 0.5) is 0 Å². The van der Waals surface area contributed by atoms with Gasteiger partial charge < -0.3 is 10.2 Å². The van der Waals surface area contributed by atoms with Crippen LogP contribution in [0, 0.1) is 13.8 Å². The van der Waals surface area contributed by atoms with E-state index in [9.17, 15) is 15.0 Å². The van der Waals surface area contributed by atoms with E-state index in [0.29, 0.717) is 33.4 Å². The van der Waals surface area contributed by atoms with Crippen LogP contribution in [0.3, 0.4) is 0 Å². The van der Waals surface area contributed by atoms with Gasteiger partial charge in [0.2, 0.25) is 0 Å². The van der Waals surface area contributed by atoms with Crippen LogP contribution in [0.2, 0.25) is 0 Å². The molecular weight excluding hydrogens is 228 g/mol. The van der Waals surface area contributed by atoms with Crippen molar-refractivity contribution in [3.05, 3.63) is 46.5 Å². The number of ketones is 1. The van der Waals surface area contributed by atoms with Gasteiger partial charge in [0.1, 0.15) is 11.5 Å². The number of aryl methyl sites for hydroxylation is 1. The second kappa shape index (κ2) is 3.35. The molecule has 0 aromatic heterocycles. The number of fused-ring (bicyclic) bond motifs is 3. The molecule has 1 aliphatic carbocycles. The lowest BCUT2D eigenvalue weighted by Gasteiger charge is -2.09. The van der Waals surface area contributed by atoms with E-state index in [1.165, 1.54) is 0 Å². The van der Waals surface area contributed by atoms with Gasteiger partial charge in [-0.2, -0.15) is 0 Å². The Morgan fingerprint density at radius 3 is 2.44 bits per heavy atom. The van der Waals surface area contributed by atoms with E-state index in [4.69, 9.17) is 0 Å². The molecule has 0 unspecified atom stereocenters. The Hall–Kier alpha value is -2.29.